The van der Waals surface area contributed by atoms with E-state index in [0.29, 0.717) is 0 Å². The summed E-state index contributed by atoms with van der Waals surface area (Å²) >= 11 is 0. The molecule has 0 atom stereocenters. The van der Waals surface area contributed by atoms with Gasteiger partial charge in [-0.25, -0.2) is 0 Å². The minimum Gasteiger partial charge on any atom is -0.457 e. The molecule has 0 saturated heterocycles. The van der Waals surface area contributed by atoms with E-state index in [0.717, 1.165) is 19.3 Å². The Balaban J connectivity index is 2.14. The SMILES string of the molecule is CC1(CCCCO)OC=CO1. The maximum atomic E-state index is 8.53. The number of unbranched alkanes of at least 4 members (excludes halogenated alkanes) is 1. The lowest BCUT2D eigenvalue weighted by atomic mass is 10.1. The lowest BCUT2D eigenvalue weighted by molar-refractivity contribution is -0.131. The second kappa shape index (κ2) is 3.62. The van der Waals surface area contributed by atoms with Crippen LogP contribution in [0.3, 0.4) is 0 Å². The van der Waals surface area contributed by atoms with Gasteiger partial charge in [-0.1, -0.05) is 0 Å². The molecule has 0 bridgehead atoms. The Bertz CT molecular complexity index is 134. The van der Waals surface area contributed by atoms with Crippen LogP contribution in [0.25, 0.3) is 0 Å². The van der Waals surface area contributed by atoms with Gasteiger partial charge in [0.1, 0.15) is 12.5 Å². The molecule has 0 aromatic heterocycles. The first-order valence-corrected chi connectivity index (χ1v) is 3.88. The lowest BCUT2D eigenvalue weighted by Gasteiger charge is -2.22. The molecule has 64 valence electrons. The zero-order valence-corrected chi connectivity index (χ0v) is 6.75. The fourth-order valence-corrected chi connectivity index (χ4v) is 1.05. The van der Waals surface area contributed by atoms with Crippen LogP contribution in [0.4, 0.5) is 0 Å². The third-order valence-electron chi connectivity index (χ3n) is 1.73. The van der Waals surface area contributed by atoms with Crippen LogP contribution in [0, 0.1) is 0 Å². The highest BCUT2D eigenvalue weighted by molar-refractivity contribution is 4.79. The van der Waals surface area contributed by atoms with Gasteiger partial charge in [-0.2, -0.15) is 0 Å². The molecule has 11 heavy (non-hydrogen) atoms. The van der Waals surface area contributed by atoms with Crippen LogP contribution in [0.1, 0.15) is 26.2 Å². The van der Waals surface area contributed by atoms with E-state index in [1.807, 2.05) is 6.92 Å². The monoisotopic (exact) mass is 158 g/mol. The Morgan fingerprint density at radius 2 is 1.91 bits per heavy atom. The van der Waals surface area contributed by atoms with Crippen molar-refractivity contribution in [3.05, 3.63) is 12.5 Å². The van der Waals surface area contributed by atoms with Crippen molar-refractivity contribution < 1.29 is 14.6 Å². The van der Waals surface area contributed by atoms with Gasteiger partial charge >= 0.3 is 0 Å². The molecule has 0 spiro atoms. The normalized spacial score (nSPS) is 19.5. The van der Waals surface area contributed by atoms with Crippen molar-refractivity contribution >= 4 is 0 Å². The molecule has 3 nitrogen and oxygen atoms in total. The van der Waals surface area contributed by atoms with Gasteiger partial charge in [0.2, 0.25) is 5.79 Å². The molecule has 0 aromatic carbocycles. The molecule has 0 aliphatic carbocycles. The summed E-state index contributed by atoms with van der Waals surface area (Å²) in [4.78, 5) is 0. The zero-order valence-electron chi connectivity index (χ0n) is 6.75. The minimum atomic E-state index is -0.477. The molecule has 1 aliphatic rings. The first-order chi connectivity index (χ1) is 5.27. The van der Waals surface area contributed by atoms with Crippen LogP contribution in [0.15, 0.2) is 12.5 Å². The molecule has 1 N–H and O–H groups in total. The largest absolute Gasteiger partial charge is 0.457 e. The number of rotatable bonds is 4. The van der Waals surface area contributed by atoms with E-state index >= 15 is 0 Å². The average molecular weight is 158 g/mol. The summed E-state index contributed by atoms with van der Waals surface area (Å²) in [7, 11) is 0. The predicted octanol–water partition coefficient (Wildman–Crippen LogP) is 1.38. The molecule has 0 saturated carbocycles. The summed E-state index contributed by atoms with van der Waals surface area (Å²) in [6.45, 7) is 2.13. The molecule has 3 heteroatoms. The highest BCUT2D eigenvalue weighted by Gasteiger charge is 2.28. The molecular formula is C8H14O3. The van der Waals surface area contributed by atoms with E-state index in [1.54, 1.807) is 12.5 Å². The number of aliphatic hydroxyl groups excluding tert-OH is 1. The van der Waals surface area contributed by atoms with Gasteiger partial charge in [0.25, 0.3) is 0 Å². The topological polar surface area (TPSA) is 38.7 Å². The Morgan fingerprint density at radius 3 is 2.45 bits per heavy atom. The number of hydrogen-bond donors (Lipinski definition) is 1. The number of hydrogen-bond acceptors (Lipinski definition) is 3. The van der Waals surface area contributed by atoms with E-state index in [4.69, 9.17) is 14.6 Å². The van der Waals surface area contributed by atoms with Crippen LogP contribution in [0.2, 0.25) is 0 Å². The molecule has 1 rings (SSSR count). The molecule has 0 amide bonds. The van der Waals surface area contributed by atoms with Crippen LogP contribution < -0.4 is 0 Å². The van der Waals surface area contributed by atoms with E-state index in [9.17, 15) is 0 Å². The molecule has 1 aliphatic heterocycles. The van der Waals surface area contributed by atoms with Crippen molar-refractivity contribution in [2.24, 2.45) is 0 Å². The highest BCUT2D eigenvalue weighted by Crippen LogP contribution is 2.25. The second-order valence-corrected chi connectivity index (χ2v) is 2.82. The van der Waals surface area contributed by atoms with Crippen LogP contribution in [0.5, 0.6) is 0 Å². The predicted molar refractivity (Wildman–Crippen MR) is 40.7 cm³/mol. The van der Waals surface area contributed by atoms with Gasteiger partial charge in [-0.05, 0) is 12.8 Å². The lowest BCUT2D eigenvalue weighted by Crippen LogP contribution is -2.24. The first-order valence-electron chi connectivity index (χ1n) is 3.88. The maximum absolute atomic E-state index is 8.53. The van der Waals surface area contributed by atoms with Crippen molar-refractivity contribution in [2.45, 2.75) is 32.0 Å². The fourth-order valence-electron chi connectivity index (χ4n) is 1.05. The summed E-state index contributed by atoms with van der Waals surface area (Å²) in [5.41, 5.74) is 0. The second-order valence-electron chi connectivity index (χ2n) is 2.82. The Hall–Kier alpha value is -0.700. The molecule has 1 heterocycles. The van der Waals surface area contributed by atoms with Crippen molar-refractivity contribution in [2.75, 3.05) is 6.61 Å². The number of aliphatic hydroxyl groups is 1. The van der Waals surface area contributed by atoms with Gasteiger partial charge in [0, 0.05) is 20.0 Å². The Morgan fingerprint density at radius 1 is 1.27 bits per heavy atom. The maximum Gasteiger partial charge on any atom is 0.247 e. The van der Waals surface area contributed by atoms with Crippen LogP contribution in [-0.2, 0) is 9.47 Å². The van der Waals surface area contributed by atoms with Gasteiger partial charge in [0.15, 0.2) is 0 Å². The molecular weight excluding hydrogens is 144 g/mol. The van der Waals surface area contributed by atoms with Crippen LogP contribution in [-0.4, -0.2) is 17.5 Å². The van der Waals surface area contributed by atoms with Gasteiger partial charge in [-0.3, -0.25) is 0 Å². The third kappa shape index (κ3) is 2.42. The quantitative estimate of drug-likeness (QED) is 0.628. The summed E-state index contributed by atoms with van der Waals surface area (Å²) in [6.07, 6.45) is 5.66. The zero-order chi connectivity index (χ0) is 8.16. The molecule has 0 fully saturated rings. The van der Waals surface area contributed by atoms with Gasteiger partial charge in [-0.15, -0.1) is 0 Å². The molecule has 0 unspecified atom stereocenters. The third-order valence-corrected chi connectivity index (χ3v) is 1.73. The number of ether oxygens (including phenoxy) is 2. The van der Waals surface area contributed by atoms with Crippen molar-refractivity contribution in [1.82, 2.24) is 0 Å². The van der Waals surface area contributed by atoms with E-state index in [2.05, 4.69) is 0 Å². The van der Waals surface area contributed by atoms with Gasteiger partial charge in [0.05, 0.1) is 0 Å². The summed E-state index contributed by atoms with van der Waals surface area (Å²) < 4.78 is 10.4. The van der Waals surface area contributed by atoms with Crippen LogP contribution >= 0.6 is 0 Å². The summed E-state index contributed by atoms with van der Waals surface area (Å²) in [5, 5.41) is 8.53. The smallest absolute Gasteiger partial charge is 0.247 e. The molecule has 0 aromatic rings. The fraction of sp³-hybridized carbons (Fsp3) is 0.750. The first kappa shape index (κ1) is 8.40. The van der Waals surface area contributed by atoms with Crippen molar-refractivity contribution in [1.29, 1.82) is 0 Å². The van der Waals surface area contributed by atoms with E-state index < -0.39 is 5.79 Å². The van der Waals surface area contributed by atoms with Crippen molar-refractivity contribution in [3.63, 3.8) is 0 Å². The summed E-state index contributed by atoms with van der Waals surface area (Å²) in [5.74, 6) is -0.477. The minimum absolute atomic E-state index is 0.240. The Labute approximate surface area is 66.6 Å². The summed E-state index contributed by atoms with van der Waals surface area (Å²) in [6, 6.07) is 0. The standard InChI is InChI=1S/C8H14O3/c1-8(4-2-3-5-9)10-6-7-11-8/h6-7,9H,2-5H2,1H3. The van der Waals surface area contributed by atoms with Crippen molar-refractivity contribution in [3.8, 4) is 0 Å². The van der Waals surface area contributed by atoms with Gasteiger partial charge < -0.3 is 14.6 Å². The van der Waals surface area contributed by atoms with E-state index in [-0.39, 0.29) is 6.61 Å². The highest BCUT2D eigenvalue weighted by atomic mass is 16.7. The average Bonchev–Trinajstić information content (AvgIpc) is 2.38. The Kier molecular flexibility index (Phi) is 2.76. The van der Waals surface area contributed by atoms with E-state index in [1.165, 1.54) is 0 Å². The molecule has 0 radical (unpaired) electrons.